The zero-order valence-electron chi connectivity index (χ0n) is 7.80. The second-order valence-corrected chi connectivity index (χ2v) is 4.60. The average Bonchev–Trinajstić information content (AvgIpc) is 2.71. The molecule has 0 spiro atoms. The van der Waals surface area contributed by atoms with Gasteiger partial charge in [-0.25, -0.2) is 15.2 Å². The quantitative estimate of drug-likeness (QED) is 0.502. The Morgan fingerprint density at radius 1 is 1.31 bits per heavy atom. The molecule has 2 aromatic rings. The van der Waals surface area contributed by atoms with E-state index in [9.17, 15) is 4.39 Å². The molecule has 0 aliphatic rings. The topological polar surface area (TPSA) is 50.9 Å². The van der Waals surface area contributed by atoms with Gasteiger partial charge in [0.2, 0.25) is 0 Å². The van der Waals surface area contributed by atoms with E-state index in [1.807, 2.05) is 0 Å². The first-order valence-electron chi connectivity index (χ1n) is 4.19. The van der Waals surface area contributed by atoms with E-state index in [4.69, 9.17) is 29.0 Å². The van der Waals surface area contributed by atoms with Gasteiger partial charge in [-0.15, -0.1) is 11.3 Å². The Hall–Kier alpha value is -0.880. The predicted molar refractivity (Wildman–Crippen MR) is 65.3 cm³/mol. The van der Waals surface area contributed by atoms with Crippen molar-refractivity contribution in [3.8, 4) is 11.3 Å². The number of nitrogens with zero attached hydrogens (tertiary/aromatic N) is 1. The minimum Gasteiger partial charge on any atom is -0.300 e. The normalized spacial score (nSPS) is 10.5. The van der Waals surface area contributed by atoms with Crippen LogP contribution in [0.4, 0.5) is 9.52 Å². The van der Waals surface area contributed by atoms with Crippen molar-refractivity contribution in [2.75, 3.05) is 5.43 Å². The Kier molecular flexibility index (Phi) is 3.30. The third-order valence-electron chi connectivity index (χ3n) is 1.91. The molecular weight excluding hydrogens is 272 g/mol. The van der Waals surface area contributed by atoms with Gasteiger partial charge in [-0.3, -0.25) is 5.43 Å². The van der Waals surface area contributed by atoms with E-state index in [0.717, 1.165) is 0 Å². The van der Waals surface area contributed by atoms with E-state index in [0.29, 0.717) is 21.4 Å². The van der Waals surface area contributed by atoms with Crippen molar-refractivity contribution in [3.05, 3.63) is 33.4 Å². The van der Waals surface area contributed by atoms with Crippen molar-refractivity contribution >= 4 is 39.7 Å². The summed E-state index contributed by atoms with van der Waals surface area (Å²) < 4.78 is 13.3. The van der Waals surface area contributed by atoms with Crippen molar-refractivity contribution in [1.29, 1.82) is 0 Å². The summed E-state index contributed by atoms with van der Waals surface area (Å²) in [6.45, 7) is 0. The molecule has 0 bridgehead atoms. The van der Waals surface area contributed by atoms with E-state index >= 15 is 0 Å². The number of rotatable bonds is 2. The molecule has 7 heteroatoms. The Balaban J connectivity index is 2.51. The van der Waals surface area contributed by atoms with Gasteiger partial charge in [-0.2, -0.15) is 0 Å². The third-order valence-corrected chi connectivity index (χ3v) is 3.29. The Morgan fingerprint density at radius 3 is 2.69 bits per heavy atom. The van der Waals surface area contributed by atoms with Crippen molar-refractivity contribution in [3.63, 3.8) is 0 Å². The minimum absolute atomic E-state index is 0.0128. The van der Waals surface area contributed by atoms with Crippen LogP contribution in [-0.2, 0) is 0 Å². The molecule has 1 aromatic carbocycles. The van der Waals surface area contributed by atoms with E-state index in [1.54, 1.807) is 5.38 Å². The zero-order valence-corrected chi connectivity index (χ0v) is 10.1. The molecule has 0 radical (unpaired) electrons. The molecule has 0 atom stereocenters. The summed E-state index contributed by atoms with van der Waals surface area (Å²) in [6, 6.07) is 2.60. The number of hydrazine groups is 1. The highest BCUT2D eigenvalue weighted by Gasteiger charge is 2.11. The second kappa shape index (κ2) is 4.55. The SMILES string of the molecule is NNc1nc(-c2cc(F)c(Cl)cc2Cl)cs1. The summed E-state index contributed by atoms with van der Waals surface area (Å²) in [6.07, 6.45) is 0. The summed E-state index contributed by atoms with van der Waals surface area (Å²) >= 11 is 12.8. The molecule has 84 valence electrons. The van der Waals surface area contributed by atoms with Gasteiger partial charge in [0.05, 0.1) is 15.7 Å². The number of nitrogens with two attached hydrogens (primary N) is 1. The summed E-state index contributed by atoms with van der Waals surface area (Å²) in [5.74, 6) is 4.67. The van der Waals surface area contributed by atoms with Crippen LogP contribution >= 0.6 is 34.5 Å². The van der Waals surface area contributed by atoms with Gasteiger partial charge in [0.25, 0.3) is 0 Å². The summed E-state index contributed by atoms with van der Waals surface area (Å²) in [7, 11) is 0. The number of hydrogen-bond acceptors (Lipinski definition) is 4. The molecular formula is C9H6Cl2FN3S. The second-order valence-electron chi connectivity index (χ2n) is 2.93. The fraction of sp³-hybridized carbons (Fsp3) is 0. The third kappa shape index (κ3) is 2.12. The first-order valence-corrected chi connectivity index (χ1v) is 5.82. The monoisotopic (exact) mass is 277 g/mol. The fourth-order valence-electron chi connectivity index (χ4n) is 1.18. The molecule has 0 amide bonds. The molecule has 3 nitrogen and oxygen atoms in total. The highest BCUT2D eigenvalue weighted by Crippen LogP contribution is 2.33. The van der Waals surface area contributed by atoms with Gasteiger partial charge >= 0.3 is 0 Å². The fourth-order valence-corrected chi connectivity index (χ4v) is 2.28. The van der Waals surface area contributed by atoms with Crippen molar-refractivity contribution in [1.82, 2.24) is 4.98 Å². The Bertz CT molecular complexity index is 529. The van der Waals surface area contributed by atoms with Gasteiger partial charge in [-0.1, -0.05) is 23.2 Å². The van der Waals surface area contributed by atoms with Gasteiger partial charge in [0.15, 0.2) is 5.13 Å². The lowest BCUT2D eigenvalue weighted by molar-refractivity contribution is 0.629. The van der Waals surface area contributed by atoms with Crippen LogP contribution in [0, 0.1) is 5.82 Å². The molecule has 16 heavy (non-hydrogen) atoms. The maximum Gasteiger partial charge on any atom is 0.197 e. The van der Waals surface area contributed by atoms with Gasteiger partial charge in [0.1, 0.15) is 5.82 Å². The number of hydrogen-bond donors (Lipinski definition) is 2. The smallest absolute Gasteiger partial charge is 0.197 e. The van der Waals surface area contributed by atoms with E-state index in [1.165, 1.54) is 23.5 Å². The van der Waals surface area contributed by atoms with Crippen LogP contribution in [0.1, 0.15) is 0 Å². The van der Waals surface area contributed by atoms with Crippen LogP contribution in [-0.4, -0.2) is 4.98 Å². The molecule has 0 saturated heterocycles. The van der Waals surface area contributed by atoms with Crippen molar-refractivity contribution < 1.29 is 4.39 Å². The first kappa shape index (κ1) is 11.6. The van der Waals surface area contributed by atoms with E-state index in [-0.39, 0.29) is 5.02 Å². The van der Waals surface area contributed by atoms with Crippen LogP contribution < -0.4 is 11.3 Å². The van der Waals surface area contributed by atoms with Gasteiger partial charge in [-0.05, 0) is 12.1 Å². The molecule has 1 aromatic heterocycles. The van der Waals surface area contributed by atoms with Crippen molar-refractivity contribution in [2.45, 2.75) is 0 Å². The molecule has 2 rings (SSSR count). The van der Waals surface area contributed by atoms with Crippen molar-refractivity contribution in [2.24, 2.45) is 5.84 Å². The van der Waals surface area contributed by atoms with Gasteiger partial charge in [0, 0.05) is 10.9 Å². The number of thiazole rings is 1. The number of halogens is 3. The van der Waals surface area contributed by atoms with Crippen LogP contribution in [0.3, 0.4) is 0 Å². The molecule has 3 N–H and O–H groups in total. The lowest BCUT2D eigenvalue weighted by atomic mass is 10.2. The van der Waals surface area contributed by atoms with Crippen LogP contribution in [0.2, 0.25) is 10.0 Å². The van der Waals surface area contributed by atoms with Crippen LogP contribution in [0.5, 0.6) is 0 Å². The minimum atomic E-state index is -0.531. The summed E-state index contributed by atoms with van der Waals surface area (Å²) in [4.78, 5) is 4.12. The molecule has 0 saturated carbocycles. The number of aromatic nitrogens is 1. The first-order chi connectivity index (χ1) is 7.61. The standard InChI is InChI=1S/C9H6Cl2FN3S/c10-5-2-6(11)7(12)1-4(5)8-3-16-9(14-8)15-13/h1-3H,13H2,(H,14,15). The molecule has 1 heterocycles. The number of nitrogens with one attached hydrogen (secondary N) is 1. The number of nitrogen functional groups attached to an aromatic ring is 1. The molecule has 0 aliphatic heterocycles. The average molecular weight is 278 g/mol. The summed E-state index contributed by atoms with van der Waals surface area (Å²) in [5.41, 5.74) is 3.45. The Morgan fingerprint density at radius 2 is 2.06 bits per heavy atom. The lowest BCUT2D eigenvalue weighted by Crippen LogP contribution is -2.05. The number of benzene rings is 1. The summed E-state index contributed by atoms with van der Waals surface area (Å²) in [5, 5.41) is 2.59. The Labute approximate surface area is 105 Å². The predicted octanol–water partition coefficient (Wildman–Crippen LogP) is 3.54. The highest BCUT2D eigenvalue weighted by atomic mass is 35.5. The van der Waals surface area contributed by atoms with Crippen LogP contribution in [0.15, 0.2) is 17.5 Å². The molecule has 0 fully saturated rings. The zero-order chi connectivity index (χ0) is 11.7. The highest BCUT2D eigenvalue weighted by molar-refractivity contribution is 7.14. The molecule has 0 unspecified atom stereocenters. The number of anilines is 1. The molecule has 0 aliphatic carbocycles. The lowest BCUT2D eigenvalue weighted by Gasteiger charge is -2.02. The maximum absolute atomic E-state index is 13.3. The van der Waals surface area contributed by atoms with E-state index in [2.05, 4.69) is 10.4 Å². The van der Waals surface area contributed by atoms with Crippen LogP contribution in [0.25, 0.3) is 11.3 Å². The van der Waals surface area contributed by atoms with Gasteiger partial charge < -0.3 is 0 Å². The van der Waals surface area contributed by atoms with E-state index < -0.39 is 5.82 Å². The largest absolute Gasteiger partial charge is 0.300 e. The maximum atomic E-state index is 13.3.